The lowest BCUT2D eigenvalue weighted by Gasteiger charge is -2.07. The van der Waals surface area contributed by atoms with E-state index in [1.54, 1.807) is 18.2 Å². The average Bonchev–Trinajstić information content (AvgIpc) is 3.05. The Morgan fingerprint density at radius 2 is 2.10 bits per heavy atom. The number of amides is 2. The van der Waals surface area contributed by atoms with Crippen LogP contribution in [-0.2, 0) is 10.0 Å². The van der Waals surface area contributed by atoms with Gasteiger partial charge in [0.25, 0.3) is 10.0 Å². The number of sulfonamides is 1. The molecule has 3 rings (SSSR count). The molecule has 0 saturated heterocycles. The Labute approximate surface area is 115 Å². The smallest absolute Gasteiger partial charge is 0.328 e. The van der Waals surface area contributed by atoms with Crippen LogP contribution < -0.4 is 15.8 Å². The first-order chi connectivity index (χ1) is 9.45. The number of benzene rings is 1. The Morgan fingerprint density at radius 1 is 1.35 bits per heavy atom. The molecule has 1 heterocycles. The number of nitrogen functional groups attached to an aromatic ring is 1. The highest BCUT2D eigenvalue weighted by molar-refractivity contribution is 7.90. The van der Waals surface area contributed by atoms with Crippen LogP contribution in [0.3, 0.4) is 0 Å². The van der Waals surface area contributed by atoms with Crippen LogP contribution in [0.5, 0.6) is 0 Å². The number of nitrogens with one attached hydrogen (secondary N) is 3. The second-order valence-electron chi connectivity index (χ2n) is 4.81. The van der Waals surface area contributed by atoms with Crippen LogP contribution in [0, 0.1) is 0 Å². The number of nitrogens with two attached hydrogens (primary N) is 1. The van der Waals surface area contributed by atoms with Crippen molar-refractivity contribution in [1.82, 2.24) is 15.0 Å². The molecule has 106 valence electrons. The summed E-state index contributed by atoms with van der Waals surface area (Å²) in [6.45, 7) is 0. The van der Waals surface area contributed by atoms with Crippen molar-refractivity contribution in [3.63, 3.8) is 0 Å². The number of urea groups is 1. The molecule has 0 spiro atoms. The predicted octanol–water partition coefficient (Wildman–Crippen LogP) is 0.900. The fraction of sp³-hybridized carbons (Fsp3) is 0.250. The van der Waals surface area contributed by atoms with Gasteiger partial charge in [0.15, 0.2) is 0 Å². The Bertz CT molecular complexity index is 777. The molecule has 1 aliphatic rings. The molecule has 1 fully saturated rings. The molecule has 0 unspecified atom stereocenters. The van der Waals surface area contributed by atoms with Crippen molar-refractivity contribution in [2.24, 2.45) is 0 Å². The van der Waals surface area contributed by atoms with Crippen LogP contribution in [0.1, 0.15) is 12.8 Å². The predicted molar refractivity (Wildman–Crippen MR) is 74.6 cm³/mol. The number of fused-ring (bicyclic) bond motifs is 1. The molecule has 2 aromatic rings. The topological polar surface area (TPSA) is 117 Å². The average molecular weight is 294 g/mol. The number of anilines is 1. The number of hydrogen-bond donors (Lipinski definition) is 4. The summed E-state index contributed by atoms with van der Waals surface area (Å²) in [4.78, 5) is 14.4. The maximum Gasteiger partial charge on any atom is 0.328 e. The molecule has 2 amide bonds. The van der Waals surface area contributed by atoms with Gasteiger partial charge in [0, 0.05) is 28.8 Å². The first kappa shape index (κ1) is 12.8. The maximum absolute atomic E-state index is 12.2. The molecule has 1 aromatic carbocycles. The van der Waals surface area contributed by atoms with E-state index in [2.05, 4.69) is 10.3 Å². The SMILES string of the molecule is Nc1ccc2[nH]cc(S(=O)(=O)NC(=O)NC3CC3)c2c1. The number of H-pyrrole nitrogens is 1. The Hall–Kier alpha value is -2.22. The van der Waals surface area contributed by atoms with E-state index in [9.17, 15) is 13.2 Å². The van der Waals surface area contributed by atoms with Gasteiger partial charge < -0.3 is 16.0 Å². The Morgan fingerprint density at radius 3 is 2.80 bits per heavy atom. The molecular weight excluding hydrogens is 280 g/mol. The van der Waals surface area contributed by atoms with E-state index >= 15 is 0 Å². The third-order valence-corrected chi connectivity index (χ3v) is 4.47. The summed E-state index contributed by atoms with van der Waals surface area (Å²) in [5.74, 6) is 0. The summed E-state index contributed by atoms with van der Waals surface area (Å²) >= 11 is 0. The van der Waals surface area contributed by atoms with E-state index < -0.39 is 16.1 Å². The van der Waals surface area contributed by atoms with Crippen LogP contribution in [0.2, 0.25) is 0 Å². The maximum atomic E-state index is 12.2. The number of hydrogen-bond acceptors (Lipinski definition) is 4. The number of aromatic nitrogens is 1. The van der Waals surface area contributed by atoms with Gasteiger partial charge in [-0.2, -0.15) is 0 Å². The quantitative estimate of drug-likeness (QED) is 0.629. The summed E-state index contributed by atoms with van der Waals surface area (Å²) in [5, 5.41) is 3.02. The van der Waals surface area contributed by atoms with Gasteiger partial charge in [-0.3, -0.25) is 0 Å². The number of carbonyl (C=O) groups is 1. The number of aromatic amines is 1. The lowest BCUT2D eigenvalue weighted by atomic mass is 10.2. The first-order valence-electron chi connectivity index (χ1n) is 6.15. The fourth-order valence-corrected chi connectivity index (χ4v) is 3.04. The van der Waals surface area contributed by atoms with E-state index in [0.29, 0.717) is 16.6 Å². The zero-order valence-electron chi connectivity index (χ0n) is 10.5. The van der Waals surface area contributed by atoms with Crippen LogP contribution in [0.25, 0.3) is 10.9 Å². The first-order valence-corrected chi connectivity index (χ1v) is 7.64. The van der Waals surface area contributed by atoms with Crippen molar-refractivity contribution in [1.29, 1.82) is 0 Å². The van der Waals surface area contributed by atoms with Crippen molar-refractivity contribution >= 4 is 32.6 Å². The zero-order valence-corrected chi connectivity index (χ0v) is 11.3. The van der Waals surface area contributed by atoms with Crippen molar-refractivity contribution < 1.29 is 13.2 Å². The lowest BCUT2D eigenvalue weighted by Crippen LogP contribution is -2.40. The van der Waals surface area contributed by atoms with E-state index in [1.165, 1.54) is 6.20 Å². The van der Waals surface area contributed by atoms with E-state index in [1.807, 2.05) is 4.72 Å². The molecule has 1 aromatic heterocycles. The number of carbonyl (C=O) groups excluding carboxylic acids is 1. The van der Waals surface area contributed by atoms with Crippen molar-refractivity contribution in [3.05, 3.63) is 24.4 Å². The van der Waals surface area contributed by atoms with Gasteiger partial charge in [-0.15, -0.1) is 0 Å². The standard InChI is InChI=1S/C12H14N4O3S/c13-7-1-4-10-9(5-7)11(6-14-10)20(18,19)16-12(17)15-8-2-3-8/h1,4-6,8,14H,2-3,13H2,(H2,15,16,17). The van der Waals surface area contributed by atoms with Crippen molar-refractivity contribution in [3.8, 4) is 0 Å². The monoisotopic (exact) mass is 294 g/mol. The van der Waals surface area contributed by atoms with Crippen molar-refractivity contribution in [2.75, 3.05) is 5.73 Å². The van der Waals surface area contributed by atoms with Crippen LogP contribution in [-0.4, -0.2) is 25.5 Å². The van der Waals surface area contributed by atoms with Gasteiger partial charge in [0.2, 0.25) is 0 Å². The van der Waals surface area contributed by atoms with Crippen molar-refractivity contribution in [2.45, 2.75) is 23.8 Å². The van der Waals surface area contributed by atoms with Gasteiger partial charge >= 0.3 is 6.03 Å². The minimum Gasteiger partial charge on any atom is -0.399 e. The fourth-order valence-electron chi connectivity index (χ4n) is 1.95. The van der Waals surface area contributed by atoms with Gasteiger partial charge in [-0.1, -0.05) is 0 Å². The van der Waals surface area contributed by atoms with Gasteiger partial charge in [-0.05, 0) is 31.0 Å². The molecule has 0 bridgehead atoms. The highest BCUT2D eigenvalue weighted by Gasteiger charge is 2.27. The summed E-state index contributed by atoms with van der Waals surface area (Å²) in [6.07, 6.45) is 3.12. The summed E-state index contributed by atoms with van der Waals surface area (Å²) in [6, 6.07) is 4.30. The van der Waals surface area contributed by atoms with Gasteiger partial charge in [0.1, 0.15) is 4.90 Å². The Balaban J connectivity index is 1.91. The van der Waals surface area contributed by atoms with E-state index in [0.717, 1.165) is 12.8 Å². The summed E-state index contributed by atoms with van der Waals surface area (Å²) in [7, 11) is -3.93. The van der Waals surface area contributed by atoms with Crippen LogP contribution >= 0.6 is 0 Å². The van der Waals surface area contributed by atoms with E-state index in [4.69, 9.17) is 5.73 Å². The molecule has 1 aliphatic carbocycles. The normalized spacial score (nSPS) is 15.2. The molecule has 5 N–H and O–H groups in total. The molecule has 0 radical (unpaired) electrons. The zero-order chi connectivity index (χ0) is 14.3. The van der Waals surface area contributed by atoms with Gasteiger partial charge in [-0.25, -0.2) is 17.9 Å². The lowest BCUT2D eigenvalue weighted by molar-refractivity contribution is 0.245. The molecule has 20 heavy (non-hydrogen) atoms. The highest BCUT2D eigenvalue weighted by Crippen LogP contribution is 2.24. The Kier molecular flexibility index (Phi) is 2.82. The van der Waals surface area contributed by atoms with Gasteiger partial charge in [0.05, 0.1) is 0 Å². The summed E-state index contributed by atoms with van der Waals surface area (Å²) in [5.41, 5.74) is 6.76. The molecule has 1 saturated carbocycles. The van der Waals surface area contributed by atoms with E-state index in [-0.39, 0.29) is 10.9 Å². The molecular formula is C12H14N4O3S. The summed E-state index contributed by atoms with van der Waals surface area (Å²) < 4.78 is 26.4. The second-order valence-corrected chi connectivity index (χ2v) is 6.46. The number of rotatable bonds is 3. The molecule has 0 aliphatic heterocycles. The molecule has 7 nitrogen and oxygen atoms in total. The second kappa shape index (κ2) is 4.41. The highest BCUT2D eigenvalue weighted by atomic mass is 32.2. The third-order valence-electron chi connectivity index (χ3n) is 3.10. The van der Waals surface area contributed by atoms with Crippen LogP contribution in [0.4, 0.5) is 10.5 Å². The molecule has 0 atom stereocenters. The minimum atomic E-state index is -3.93. The minimum absolute atomic E-state index is 0.00532. The van der Waals surface area contributed by atoms with Crippen LogP contribution in [0.15, 0.2) is 29.3 Å². The third kappa shape index (κ3) is 2.42. The largest absolute Gasteiger partial charge is 0.399 e. The molecule has 8 heteroatoms.